The fourth-order valence-corrected chi connectivity index (χ4v) is 3.73. The maximum absolute atomic E-state index is 12.3. The molecule has 0 bridgehead atoms. The number of piperidine rings is 1. The van der Waals surface area contributed by atoms with Gasteiger partial charge in [-0.3, -0.25) is 9.69 Å². The highest BCUT2D eigenvalue weighted by Crippen LogP contribution is 2.15. The van der Waals surface area contributed by atoms with Crippen LogP contribution in [0.15, 0.2) is 42.5 Å². The van der Waals surface area contributed by atoms with Crippen molar-refractivity contribution in [2.75, 3.05) is 59.1 Å². The third-order valence-electron chi connectivity index (χ3n) is 5.51. The van der Waals surface area contributed by atoms with Gasteiger partial charge in [0.05, 0.1) is 19.8 Å². The van der Waals surface area contributed by atoms with Crippen LogP contribution in [0.4, 0.5) is 0 Å². The summed E-state index contributed by atoms with van der Waals surface area (Å²) in [5.41, 5.74) is 1.61. The van der Waals surface area contributed by atoms with Gasteiger partial charge in [0.15, 0.2) is 5.78 Å². The monoisotopic (exact) mass is 398 g/mol. The van der Waals surface area contributed by atoms with Crippen molar-refractivity contribution < 1.29 is 14.3 Å². The van der Waals surface area contributed by atoms with Gasteiger partial charge in [-0.05, 0) is 56.1 Å². The molecule has 1 aromatic carbocycles. The zero-order valence-corrected chi connectivity index (χ0v) is 17.5. The minimum Gasteiger partial charge on any atom is -0.494 e. The summed E-state index contributed by atoms with van der Waals surface area (Å²) in [6.45, 7) is 12.1. The zero-order chi connectivity index (χ0) is 20.3. The number of nitrogens with zero attached hydrogens (tertiary/aromatic N) is 2. The van der Waals surface area contributed by atoms with E-state index in [9.17, 15) is 4.79 Å². The van der Waals surface area contributed by atoms with Crippen LogP contribution in [0.2, 0.25) is 0 Å². The van der Waals surface area contributed by atoms with E-state index in [2.05, 4.69) is 16.4 Å². The summed E-state index contributed by atoms with van der Waals surface area (Å²) in [5.74, 6) is 0.860. The van der Waals surface area contributed by atoms with Crippen LogP contribution in [0.3, 0.4) is 0 Å². The van der Waals surface area contributed by atoms with Crippen LogP contribution in [0.1, 0.15) is 31.2 Å². The molecule has 2 heterocycles. The molecule has 0 spiro atoms. The molecule has 0 aromatic heterocycles. The van der Waals surface area contributed by atoms with E-state index in [0.29, 0.717) is 12.1 Å². The Kier molecular flexibility index (Phi) is 8.93. The van der Waals surface area contributed by atoms with Crippen LogP contribution in [-0.4, -0.2) is 74.7 Å². The number of likely N-dealkylation sites (tertiary alicyclic amines) is 1. The summed E-state index contributed by atoms with van der Waals surface area (Å²) < 4.78 is 11.2. The SMILES string of the molecule is C=C(CN1CCOCC1)C(=O)/C=C/c1ccc(OCCCN2CCCCC2)cc1. The van der Waals surface area contributed by atoms with Crippen LogP contribution in [0.25, 0.3) is 6.08 Å². The summed E-state index contributed by atoms with van der Waals surface area (Å²) in [5, 5.41) is 0. The van der Waals surface area contributed by atoms with Crippen molar-refractivity contribution in [1.29, 1.82) is 0 Å². The lowest BCUT2D eigenvalue weighted by molar-refractivity contribution is -0.111. The van der Waals surface area contributed by atoms with E-state index in [1.54, 1.807) is 6.08 Å². The predicted molar refractivity (Wildman–Crippen MR) is 117 cm³/mol. The maximum atomic E-state index is 12.3. The van der Waals surface area contributed by atoms with E-state index in [1.807, 2.05) is 30.3 Å². The third-order valence-corrected chi connectivity index (χ3v) is 5.51. The van der Waals surface area contributed by atoms with Crippen LogP contribution in [0, 0.1) is 0 Å². The Morgan fingerprint density at radius 2 is 1.76 bits per heavy atom. The second-order valence-electron chi connectivity index (χ2n) is 7.86. The summed E-state index contributed by atoms with van der Waals surface area (Å²) in [7, 11) is 0. The molecule has 2 aliphatic rings. The highest BCUT2D eigenvalue weighted by Gasteiger charge is 2.13. The van der Waals surface area contributed by atoms with Crippen LogP contribution < -0.4 is 4.74 Å². The van der Waals surface area contributed by atoms with Crippen molar-refractivity contribution in [2.45, 2.75) is 25.7 Å². The van der Waals surface area contributed by atoms with Crippen molar-refractivity contribution in [3.8, 4) is 5.75 Å². The van der Waals surface area contributed by atoms with E-state index < -0.39 is 0 Å². The van der Waals surface area contributed by atoms with Crippen molar-refractivity contribution in [3.05, 3.63) is 48.1 Å². The Morgan fingerprint density at radius 3 is 2.48 bits per heavy atom. The molecule has 2 fully saturated rings. The normalized spacial score (nSPS) is 18.8. The van der Waals surface area contributed by atoms with Crippen LogP contribution >= 0.6 is 0 Å². The number of allylic oxidation sites excluding steroid dienone is 1. The quantitative estimate of drug-likeness (QED) is 0.446. The molecule has 1 aromatic rings. The molecule has 5 nitrogen and oxygen atoms in total. The van der Waals surface area contributed by atoms with Crippen molar-refractivity contribution in [2.24, 2.45) is 0 Å². The highest BCUT2D eigenvalue weighted by molar-refractivity contribution is 6.06. The van der Waals surface area contributed by atoms with Gasteiger partial charge in [0.1, 0.15) is 5.75 Å². The Bertz CT molecular complexity index is 672. The van der Waals surface area contributed by atoms with E-state index >= 15 is 0 Å². The number of rotatable bonds is 10. The molecule has 2 saturated heterocycles. The fourth-order valence-electron chi connectivity index (χ4n) is 3.73. The molecular weight excluding hydrogens is 364 g/mol. The summed E-state index contributed by atoms with van der Waals surface area (Å²) >= 11 is 0. The molecule has 0 amide bonds. The average molecular weight is 399 g/mol. The van der Waals surface area contributed by atoms with Crippen LogP contribution in [-0.2, 0) is 9.53 Å². The van der Waals surface area contributed by atoms with Gasteiger partial charge in [0.25, 0.3) is 0 Å². The molecule has 0 saturated carbocycles. The molecule has 0 N–H and O–H groups in total. The lowest BCUT2D eigenvalue weighted by atomic mass is 10.1. The molecule has 29 heavy (non-hydrogen) atoms. The van der Waals surface area contributed by atoms with Crippen molar-refractivity contribution >= 4 is 11.9 Å². The van der Waals surface area contributed by atoms with Gasteiger partial charge in [-0.25, -0.2) is 0 Å². The van der Waals surface area contributed by atoms with Gasteiger partial charge in [-0.2, -0.15) is 0 Å². The van der Waals surface area contributed by atoms with E-state index in [-0.39, 0.29) is 5.78 Å². The lowest BCUT2D eigenvalue weighted by Gasteiger charge is -2.26. The van der Waals surface area contributed by atoms with Gasteiger partial charge in [0, 0.05) is 31.8 Å². The maximum Gasteiger partial charge on any atom is 0.182 e. The van der Waals surface area contributed by atoms with E-state index in [1.165, 1.54) is 32.4 Å². The number of hydrogen-bond donors (Lipinski definition) is 0. The third kappa shape index (κ3) is 7.77. The van der Waals surface area contributed by atoms with E-state index in [4.69, 9.17) is 9.47 Å². The summed E-state index contributed by atoms with van der Waals surface area (Å²) in [4.78, 5) is 17.0. The number of benzene rings is 1. The second-order valence-corrected chi connectivity index (χ2v) is 7.86. The molecular formula is C24H34N2O3. The summed E-state index contributed by atoms with van der Waals surface area (Å²) in [6, 6.07) is 7.89. The second kappa shape index (κ2) is 11.9. The number of morpholine rings is 1. The van der Waals surface area contributed by atoms with Gasteiger partial charge >= 0.3 is 0 Å². The first-order chi connectivity index (χ1) is 14.2. The van der Waals surface area contributed by atoms with Crippen LogP contribution in [0.5, 0.6) is 5.75 Å². The smallest absolute Gasteiger partial charge is 0.182 e. The Balaban J connectivity index is 1.36. The Hall–Kier alpha value is -1.95. The molecule has 0 unspecified atom stereocenters. The van der Waals surface area contributed by atoms with Crippen molar-refractivity contribution in [3.63, 3.8) is 0 Å². The Labute approximate surface area is 175 Å². The standard InChI is InChI=1S/C24H34N2O3/c1-21(20-26-15-18-28-19-16-26)24(27)11-8-22-6-9-23(10-7-22)29-17-5-14-25-12-3-2-4-13-25/h6-11H,1-5,12-20H2/b11-8+. The van der Waals surface area contributed by atoms with E-state index in [0.717, 1.165) is 57.2 Å². The molecule has 0 atom stereocenters. The molecule has 158 valence electrons. The average Bonchev–Trinajstić information content (AvgIpc) is 2.77. The molecule has 0 aliphatic carbocycles. The number of carbonyl (C=O) groups is 1. The molecule has 3 rings (SSSR count). The number of carbonyl (C=O) groups excluding carboxylic acids is 1. The minimum atomic E-state index is -0.0190. The molecule has 2 aliphatic heterocycles. The lowest BCUT2D eigenvalue weighted by Crippen LogP contribution is -2.38. The number of hydrogen-bond acceptors (Lipinski definition) is 5. The largest absolute Gasteiger partial charge is 0.494 e. The topological polar surface area (TPSA) is 42.0 Å². The predicted octanol–water partition coefficient (Wildman–Crippen LogP) is 3.41. The first-order valence-corrected chi connectivity index (χ1v) is 10.9. The Morgan fingerprint density at radius 1 is 1.03 bits per heavy atom. The van der Waals surface area contributed by atoms with Gasteiger partial charge in [0.2, 0.25) is 0 Å². The zero-order valence-electron chi connectivity index (χ0n) is 17.5. The molecule has 5 heteroatoms. The van der Waals surface area contributed by atoms with Gasteiger partial charge < -0.3 is 14.4 Å². The first kappa shape index (κ1) is 21.8. The van der Waals surface area contributed by atoms with Gasteiger partial charge in [-0.15, -0.1) is 0 Å². The fraction of sp³-hybridized carbons (Fsp3) is 0.542. The van der Waals surface area contributed by atoms with Crippen molar-refractivity contribution in [1.82, 2.24) is 9.80 Å². The molecule has 0 radical (unpaired) electrons. The number of ketones is 1. The highest BCUT2D eigenvalue weighted by atomic mass is 16.5. The summed E-state index contributed by atoms with van der Waals surface area (Å²) in [6.07, 6.45) is 8.55. The number of ether oxygens (including phenoxy) is 2. The van der Waals surface area contributed by atoms with Gasteiger partial charge in [-0.1, -0.05) is 31.2 Å². The minimum absolute atomic E-state index is 0.0190. The first-order valence-electron chi connectivity index (χ1n) is 10.9.